The molecule has 6 aromatic rings. The molecule has 1 aliphatic heterocycles. The first-order valence-electron chi connectivity index (χ1n) is 22.5. The van der Waals surface area contributed by atoms with Crippen molar-refractivity contribution in [3.63, 3.8) is 0 Å². The number of ketones is 1. The predicted molar refractivity (Wildman–Crippen MR) is 278 cm³/mol. The van der Waals surface area contributed by atoms with Gasteiger partial charge in [0.25, 0.3) is 17.7 Å². The van der Waals surface area contributed by atoms with Crippen molar-refractivity contribution in [3.05, 3.63) is 123 Å². The second-order valence-corrected chi connectivity index (χ2v) is 19.2. The summed E-state index contributed by atoms with van der Waals surface area (Å²) in [5, 5.41) is 21.2. The number of ether oxygens (including phenoxy) is 1. The van der Waals surface area contributed by atoms with E-state index in [9.17, 15) is 34.5 Å². The molecule has 0 aliphatic carbocycles. The van der Waals surface area contributed by atoms with Crippen LogP contribution in [0.3, 0.4) is 0 Å². The summed E-state index contributed by atoms with van der Waals surface area (Å²) in [5.74, 6) is 7.82. The number of benzene rings is 1. The van der Waals surface area contributed by atoms with Crippen LogP contribution >= 0.6 is 15.9 Å². The van der Waals surface area contributed by atoms with Crippen LogP contribution < -0.4 is 45.1 Å². The molecule has 0 fully saturated rings. The number of aromatic nitrogens is 8. The number of nitriles is 2. The fraction of sp³-hybridized carbons (Fsp3) is 0.286. The molecule has 0 atom stereocenters. The van der Waals surface area contributed by atoms with Crippen LogP contribution in [-0.4, -0.2) is 93.1 Å². The van der Waals surface area contributed by atoms with Gasteiger partial charge in [0.15, 0.2) is 40.3 Å². The number of fused-ring (bicyclic) bond motifs is 1. The molecule has 7 rings (SSSR count). The lowest BCUT2D eigenvalue weighted by Crippen LogP contribution is -2.40. The molecule has 0 saturated carbocycles. The van der Waals surface area contributed by atoms with Gasteiger partial charge in [0.2, 0.25) is 0 Å². The third-order valence-electron chi connectivity index (χ3n) is 10.8. The van der Waals surface area contributed by atoms with Crippen LogP contribution in [0.1, 0.15) is 113 Å². The highest BCUT2D eigenvalue weighted by molar-refractivity contribution is 9.10. The van der Waals surface area contributed by atoms with Gasteiger partial charge in [0, 0.05) is 42.2 Å². The first-order valence-corrected chi connectivity index (χ1v) is 23.3. The molecular weight excluding hydrogens is 1030 g/mol. The van der Waals surface area contributed by atoms with E-state index < -0.39 is 34.2 Å². The van der Waals surface area contributed by atoms with Gasteiger partial charge in [-0.15, -0.1) is 0 Å². The zero-order valence-electron chi connectivity index (χ0n) is 41.9. The molecule has 75 heavy (non-hydrogen) atoms. The Morgan fingerprint density at radius 1 is 0.667 bits per heavy atom. The summed E-state index contributed by atoms with van der Waals surface area (Å²) in [6, 6.07) is 16.6. The Morgan fingerprint density at radius 3 is 1.63 bits per heavy atom. The van der Waals surface area contributed by atoms with E-state index in [4.69, 9.17) is 33.6 Å². The minimum absolute atomic E-state index is 0.00637. The Hall–Kier alpha value is -9.11. The number of nitrogens with two attached hydrogens (primary N) is 5. The molecule has 25 nitrogen and oxygen atoms in total. The van der Waals surface area contributed by atoms with E-state index in [0.29, 0.717) is 63.6 Å². The minimum atomic E-state index is -0.814. The quantitative estimate of drug-likeness (QED) is 0.0419. The summed E-state index contributed by atoms with van der Waals surface area (Å²) in [4.78, 5) is 95.1. The smallest absolute Gasteiger partial charge is 0.410 e. The van der Waals surface area contributed by atoms with Crippen LogP contribution in [0.5, 0.6) is 0 Å². The standard InChI is InChI=1S/C30H33N7O4.C14H15N7O.C5H6BrN5O/c1-29(2,3)41-28(40)37-11-9-18-12-20(6-7-21(18)16-37)23(38)15-35-27(39)25-26(32)34-14-22(36-25)19-8-10-33-24(13-19)30(4,5)17-31;1-14(2,7-15)10-5-8(3-4-18-10)9-6-19-12(16)11(20-9)13(22)21-17;6-2-1-9-4(7)3(10-2)5(12)11-8/h6-8,10,12-14H,9,11,15-16H2,1-5H3,(H2,32,34)(H,35,39);3-6H,17H2,1-2H3,(H2,16,19)(H,21,22);1H,8H2,(H2,7,9)(H,11,12). The maximum atomic E-state index is 12.9. The highest BCUT2D eigenvalue weighted by Crippen LogP contribution is 2.28. The lowest BCUT2D eigenvalue weighted by Gasteiger charge is -2.31. The van der Waals surface area contributed by atoms with Crippen molar-refractivity contribution in [3.8, 4) is 34.7 Å². The van der Waals surface area contributed by atoms with E-state index in [0.717, 1.165) is 11.1 Å². The van der Waals surface area contributed by atoms with Gasteiger partial charge in [0.05, 0.1) is 70.9 Å². The molecule has 1 aromatic carbocycles. The number of rotatable bonds is 10. The van der Waals surface area contributed by atoms with Gasteiger partial charge in [-0.2, -0.15) is 10.5 Å². The number of hydrogen-bond acceptors (Lipinski definition) is 21. The zero-order valence-corrected chi connectivity index (χ0v) is 43.5. The largest absolute Gasteiger partial charge is 0.444 e. The monoisotopic (exact) mass is 1080 g/mol. The molecule has 13 N–H and O–H groups in total. The van der Waals surface area contributed by atoms with Crippen LogP contribution in [0.2, 0.25) is 0 Å². The highest BCUT2D eigenvalue weighted by atomic mass is 79.9. The van der Waals surface area contributed by atoms with Gasteiger partial charge in [0.1, 0.15) is 10.2 Å². The second kappa shape index (κ2) is 24.1. The number of carbonyl (C=O) groups is 5. The number of anilines is 3. The number of pyridine rings is 2. The number of nitrogens with zero attached hydrogens (tertiary/aromatic N) is 11. The van der Waals surface area contributed by atoms with Crippen molar-refractivity contribution in [2.45, 2.75) is 77.9 Å². The van der Waals surface area contributed by atoms with Crippen LogP contribution in [0.15, 0.2) is 78.1 Å². The topological polar surface area (TPSA) is 415 Å². The summed E-state index contributed by atoms with van der Waals surface area (Å²) >= 11 is 3.04. The Morgan fingerprint density at radius 2 is 1.15 bits per heavy atom. The summed E-state index contributed by atoms with van der Waals surface area (Å²) in [6.07, 6.45) is 7.63. The number of nitrogens with one attached hydrogen (secondary N) is 3. The van der Waals surface area contributed by atoms with Crippen molar-refractivity contribution in [1.82, 2.24) is 60.9 Å². The van der Waals surface area contributed by atoms with E-state index in [-0.39, 0.29) is 53.0 Å². The number of carbonyl (C=O) groups excluding carboxylic acids is 5. The fourth-order valence-corrected chi connectivity index (χ4v) is 6.90. The van der Waals surface area contributed by atoms with Gasteiger partial charge < -0.3 is 32.2 Å². The van der Waals surface area contributed by atoms with E-state index in [1.54, 1.807) is 81.4 Å². The minimum Gasteiger partial charge on any atom is -0.444 e. The maximum absolute atomic E-state index is 12.9. The van der Waals surface area contributed by atoms with Crippen molar-refractivity contribution < 1.29 is 28.7 Å². The van der Waals surface area contributed by atoms with Gasteiger partial charge in [-0.3, -0.25) is 40.0 Å². The molecule has 0 unspecified atom stereocenters. The van der Waals surface area contributed by atoms with Crippen molar-refractivity contribution >= 4 is 63.0 Å². The Bertz CT molecular complexity index is 3240. The van der Waals surface area contributed by atoms with E-state index >= 15 is 0 Å². The Labute approximate surface area is 439 Å². The number of hydrazine groups is 2. The number of amides is 4. The van der Waals surface area contributed by atoms with E-state index in [1.807, 2.05) is 37.7 Å². The maximum Gasteiger partial charge on any atom is 0.410 e. The molecule has 1 aliphatic rings. The van der Waals surface area contributed by atoms with Crippen molar-refractivity contribution in [2.24, 2.45) is 11.7 Å². The molecule has 5 aromatic heterocycles. The SMILES string of the molecule is CC(C)(C#N)c1cc(-c2cnc(N)c(C(=O)NN)n2)ccn1.CC(C)(C)OC(=O)N1CCc2cc(C(=O)CNC(=O)c3nc(-c4ccnc(C(C)(C)C#N)c4)cnc3N)ccc2C1.NNC(=O)c1nc(Br)cnc1N. The highest BCUT2D eigenvalue weighted by Gasteiger charge is 2.28. The van der Waals surface area contributed by atoms with Crippen LogP contribution in [0.25, 0.3) is 22.5 Å². The zero-order chi connectivity index (χ0) is 55.4. The summed E-state index contributed by atoms with van der Waals surface area (Å²) in [5.41, 5.74) is 24.1. The average molecular weight is 1090 g/mol. The Kier molecular flexibility index (Phi) is 18.2. The van der Waals surface area contributed by atoms with Crippen LogP contribution in [-0.2, 0) is 28.5 Å². The first-order chi connectivity index (χ1) is 35.3. The number of hydrogen-bond donors (Lipinski definition) is 8. The lowest BCUT2D eigenvalue weighted by molar-refractivity contribution is 0.0223. The fourth-order valence-electron chi connectivity index (χ4n) is 6.62. The predicted octanol–water partition coefficient (Wildman–Crippen LogP) is 3.78. The first kappa shape index (κ1) is 56.8. The molecule has 4 amide bonds. The molecule has 0 saturated heterocycles. The number of halogens is 1. The molecule has 0 bridgehead atoms. The Balaban J connectivity index is 0.000000253. The third-order valence-corrected chi connectivity index (χ3v) is 11.2. The number of nitrogen functional groups attached to an aromatic ring is 5. The second-order valence-electron chi connectivity index (χ2n) is 18.4. The van der Waals surface area contributed by atoms with Crippen LogP contribution in [0, 0.1) is 22.7 Å². The van der Waals surface area contributed by atoms with Gasteiger partial charge in [-0.05, 0) is 112 Å². The molecule has 26 heteroatoms. The van der Waals surface area contributed by atoms with Crippen molar-refractivity contribution in [1.29, 1.82) is 10.5 Å². The third kappa shape index (κ3) is 14.8. The average Bonchev–Trinajstić information content (AvgIpc) is 3.40. The van der Waals surface area contributed by atoms with E-state index in [2.05, 4.69) is 73.3 Å². The number of Topliss-reactive ketones (excluding diaryl/α,β-unsaturated/α-hetero) is 1. The molecule has 388 valence electrons. The van der Waals surface area contributed by atoms with Gasteiger partial charge >= 0.3 is 6.09 Å². The molecular formula is C49H54BrN19O6. The molecule has 0 radical (unpaired) electrons. The van der Waals surface area contributed by atoms with E-state index in [1.165, 1.54) is 18.6 Å². The summed E-state index contributed by atoms with van der Waals surface area (Å²) in [6.45, 7) is 13.1. The lowest BCUT2D eigenvalue weighted by atomic mass is 9.90. The van der Waals surface area contributed by atoms with Gasteiger partial charge in [-0.25, -0.2) is 46.4 Å². The van der Waals surface area contributed by atoms with Crippen molar-refractivity contribution in [2.75, 3.05) is 30.3 Å². The summed E-state index contributed by atoms with van der Waals surface area (Å²) in [7, 11) is 0. The van der Waals surface area contributed by atoms with Gasteiger partial charge in [-0.1, -0.05) is 12.1 Å². The molecule has 6 heterocycles. The van der Waals surface area contributed by atoms with Crippen LogP contribution in [0.4, 0.5) is 22.2 Å². The molecule has 0 spiro atoms. The summed E-state index contributed by atoms with van der Waals surface area (Å²) < 4.78 is 5.90. The normalized spacial score (nSPS) is 11.9.